The summed E-state index contributed by atoms with van der Waals surface area (Å²) in [5.74, 6) is 0. The van der Waals surface area contributed by atoms with E-state index >= 15 is 0 Å². The highest BCUT2D eigenvalue weighted by molar-refractivity contribution is 4.88. The van der Waals surface area contributed by atoms with Gasteiger partial charge in [-0.3, -0.25) is 4.90 Å². The Morgan fingerprint density at radius 3 is 2.14 bits per heavy atom. The molecule has 0 spiro atoms. The van der Waals surface area contributed by atoms with Crippen LogP contribution in [-0.2, 0) is 0 Å². The summed E-state index contributed by atoms with van der Waals surface area (Å²) in [5, 5.41) is 0. The third-order valence-corrected chi connectivity index (χ3v) is 4.21. The summed E-state index contributed by atoms with van der Waals surface area (Å²) in [6.45, 7) is 0. The Morgan fingerprint density at radius 2 is 1.50 bits per heavy atom. The predicted octanol–water partition coefficient (Wildman–Crippen LogP) is 2.13. The lowest BCUT2D eigenvalue weighted by atomic mass is 9.89. The summed E-state index contributed by atoms with van der Waals surface area (Å²) in [6, 6.07) is 1.95. The lowest BCUT2D eigenvalue weighted by Gasteiger charge is -2.39. The zero-order valence-electron chi connectivity index (χ0n) is 9.41. The second-order valence-electron chi connectivity index (χ2n) is 5.12. The largest absolute Gasteiger partial charge is 0.326 e. The van der Waals surface area contributed by atoms with Crippen LogP contribution in [0, 0.1) is 0 Å². The molecule has 0 aromatic heterocycles. The first-order chi connectivity index (χ1) is 6.79. The quantitative estimate of drug-likeness (QED) is 0.733. The van der Waals surface area contributed by atoms with Gasteiger partial charge in [-0.2, -0.15) is 0 Å². The number of rotatable bonds is 2. The van der Waals surface area contributed by atoms with Crippen LogP contribution in [0.3, 0.4) is 0 Å². The zero-order valence-corrected chi connectivity index (χ0v) is 9.41. The maximum atomic E-state index is 6.21. The molecule has 2 aliphatic carbocycles. The number of hydrogen-bond donors (Lipinski definition) is 1. The molecule has 0 aromatic carbocycles. The maximum Gasteiger partial charge on any atom is 0.0247 e. The molecule has 2 nitrogen and oxygen atoms in total. The van der Waals surface area contributed by atoms with Crippen LogP contribution in [0.15, 0.2) is 0 Å². The van der Waals surface area contributed by atoms with E-state index in [1.54, 1.807) is 0 Å². The number of hydrogen-bond acceptors (Lipinski definition) is 2. The summed E-state index contributed by atoms with van der Waals surface area (Å²) < 4.78 is 0. The summed E-state index contributed by atoms with van der Waals surface area (Å²) in [7, 11) is 2.30. The van der Waals surface area contributed by atoms with Crippen molar-refractivity contribution in [3.63, 3.8) is 0 Å². The molecule has 2 heteroatoms. The molecule has 2 N–H and O–H groups in total. The molecule has 2 fully saturated rings. The minimum absolute atomic E-state index is 0.439. The van der Waals surface area contributed by atoms with E-state index in [2.05, 4.69) is 11.9 Å². The molecule has 0 radical (unpaired) electrons. The first-order valence-corrected chi connectivity index (χ1v) is 6.26. The molecule has 0 aromatic rings. The molecular weight excluding hydrogens is 172 g/mol. The van der Waals surface area contributed by atoms with E-state index in [4.69, 9.17) is 5.73 Å². The molecule has 82 valence electrons. The first-order valence-electron chi connectivity index (χ1n) is 6.26. The van der Waals surface area contributed by atoms with Gasteiger partial charge in [-0.15, -0.1) is 0 Å². The van der Waals surface area contributed by atoms with Crippen molar-refractivity contribution in [1.82, 2.24) is 4.90 Å². The van der Waals surface area contributed by atoms with Crippen molar-refractivity contribution >= 4 is 0 Å². The van der Waals surface area contributed by atoms with E-state index in [1.165, 1.54) is 51.4 Å². The molecule has 0 saturated heterocycles. The average Bonchev–Trinajstić information content (AvgIpc) is 2.70. The van der Waals surface area contributed by atoms with Gasteiger partial charge >= 0.3 is 0 Å². The van der Waals surface area contributed by atoms with Crippen molar-refractivity contribution in [2.45, 2.75) is 69.5 Å². The Hall–Kier alpha value is -0.0800. The second kappa shape index (κ2) is 4.63. The Kier molecular flexibility index (Phi) is 3.45. The normalized spacial score (nSPS) is 35.4. The highest BCUT2D eigenvalue weighted by Gasteiger charge is 2.30. The summed E-state index contributed by atoms with van der Waals surface area (Å²) in [5.41, 5.74) is 6.21. The zero-order chi connectivity index (χ0) is 9.97. The smallest absolute Gasteiger partial charge is 0.0247 e. The Balaban J connectivity index is 1.91. The molecule has 14 heavy (non-hydrogen) atoms. The second-order valence-corrected chi connectivity index (χ2v) is 5.12. The summed E-state index contributed by atoms with van der Waals surface area (Å²) >= 11 is 0. The Morgan fingerprint density at radius 1 is 0.929 bits per heavy atom. The minimum Gasteiger partial charge on any atom is -0.326 e. The van der Waals surface area contributed by atoms with E-state index in [0.29, 0.717) is 12.1 Å². The molecule has 2 saturated carbocycles. The SMILES string of the molecule is CN(C1CCCC1)[C@@H]1CCCC[C@H]1N. The van der Waals surface area contributed by atoms with E-state index in [1.807, 2.05) is 0 Å². The number of nitrogens with zero attached hydrogens (tertiary/aromatic N) is 1. The lowest BCUT2D eigenvalue weighted by molar-refractivity contribution is 0.122. The van der Waals surface area contributed by atoms with E-state index in [0.717, 1.165) is 6.04 Å². The van der Waals surface area contributed by atoms with E-state index in [9.17, 15) is 0 Å². The van der Waals surface area contributed by atoms with Crippen molar-refractivity contribution in [2.24, 2.45) is 5.73 Å². The minimum atomic E-state index is 0.439. The molecule has 2 atom stereocenters. The molecule has 0 aliphatic heterocycles. The van der Waals surface area contributed by atoms with Gasteiger partial charge < -0.3 is 5.73 Å². The third kappa shape index (κ3) is 2.12. The van der Waals surface area contributed by atoms with Crippen molar-refractivity contribution < 1.29 is 0 Å². The van der Waals surface area contributed by atoms with Gasteiger partial charge in [0.25, 0.3) is 0 Å². The maximum absolute atomic E-state index is 6.21. The van der Waals surface area contributed by atoms with Crippen molar-refractivity contribution in [1.29, 1.82) is 0 Å². The van der Waals surface area contributed by atoms with Gasteiger partial charge in [-0.25, -0.2) is 0 Å². The van der Waals surface area contributed by atoms with E-state index in [-0.39, 0.29) is 0 Å². The monoisotopic (exact) mass is 196 g/mol. The molecule has 0 unspecified atom stereocenters. The fraction of sp³-hybridized carbons (Fsp3) is 1.00. The van der Waals surface area contributed by atoms with Crippen LogP contribution >= 0.6 is 0 Å². The highest BCUT2D eigenvalue weighted by atomic mass is 15.2. The van der Waals surface area contributed by atoms with Gasteiger partial charge in [-0.05, 0) is 32.7 Å². The van der Waals surface area contributed by atoms with E-state index < -0.39 is 0 Å². The molecule has 0 heterocycles. The van der Waals surface area contributed by atoms with Crippen molar-refractivity contribution in [3.05, 3.63) is 0 Å². The summed E-state index contributed by atoms with van der Waals surface area (Å²) in [6.07, 6.45) is 11.0. The first kappa shape index (κ1) is 10.4. The Labute approximate surface area is 87.8 Å². The van der Waals surface area contributed by atoms with Gasteiger partial charge in [0.15, 0.2) is 0 Å². The van der Waals surface area contributed by atoms with Crippen LogP contribution in [0.5, 0.6) is 0 Å². The van der Waals surface area contributed by atoms with Gasteiger partial charge in [0, 0.05) is 18.1 Å². The van der Waals surface area contributed by atoms with Crippen LogP contribution in [0.1, 0.15) is 51.4 Å². The molecule has 0 amide bonds. The molecule has 0 bridgehead atoms. The van der Waals surface area contributed by atoms with Gasteiger partial charge in [0.2, 0.25) is 0 Å². The van der Waals surface area contributed by atoms with Crippen LogP contribution in [0.2, 0.25) is 0 Å². The topological polar surface area (TPSA) is 29.3 Å². The van der Waals surface area contributed by atoms with Crippen LogP contribution in [0.4, 0.5) is 0 Å². The van der Waals surface area contributed by atoms with Crippen LogP contribution in [0.25, 0.3) is 0 Å². The van der Waals surface area contributed by atoms with Crippen LogP contribution in [-0.4, -0.2) is 30.1 Å². The standard InChI is InChI=1S/C12H24N2/c1-14(10-6-2-3-7-10)12-9-5-4-8-11(12)13/h10-12H,2-9,13H2,1H3/t11-,12-/m1/s1. The van der Waals surface area contributed by atoms with Gasteiger partial charge in [0.1, 0.15) is 0 Å². The molecular formula is C12H24N2. The average molecular weight is 196 g/mol. The lowest BCUT2D eigenvalue weighted by Crippen LogP contribution is -2.51. The van der Waals surface area contributed by atoms with Gasteiger partial charge in [-0.1, -0.05) is 25.7 Å². The van der Waals surface area contributed by atoms with Crippen molar-refractivity contribution in [3.8, 4) is 0 Å². The van der Waals surface area contributed by atoms with Crippen LogP contribution < -0.4 is 5.73 Å². The molecule has 2 aliphatic rings. The van der Waals surface area contributed by atoms with Crippen molar-refractivity contribution in [2.75, 3.05) is 7.05 Å². The summed E-state index contributed by atoms with van der Waals surface area (Å²) in [4.78, 5) is 2.59. The number of nitrogens with two attached hydrogens (primary N) is 1. The Bertz CT molecular complexity index is 175. The fourth-order valence-corrected chi connectivity index (χ4v) is 3.23. The molecule has 2 rings (SSSR count). The predicted molar refractivity (Wildman–Crippen MR) is 60.3 cm³/mol. The third-order valence-electron chi connectivity index (χ3n) is 4.21. The number of likely N-dealkylation sites (N-methyl/N-ethyl adjacent to an activating group) is 1. The highest BCUT2D eigenvalue weighted by Crippen LogP contribution is 2.28. The van der Waals surface area contributed by atoms with Gasteiger partial charge in [0.05, 0.1) is 0 Å². The fourth-order valence-electron chi connectivity index (χ4n) is 3.23.